The molecule has 0 aliphatic rings. The van der Waals surface area contributed by atoms with Crippen LogP contribution in [0.25, 0.3) is 0 Å². The average Bonchev–Trinajstić information content (AvgIpc) is 3.06. The van der Waals surface area contributed by atoms with Gasteiger partial charge in [0, 0.05) is 41.9 Å². The van der Waals surface area contributed by atoms with Crippen LogP contribution >= 0.6 is 0 Å². The van der Waals surface area contributed by atoms with Crippen LogP contribution in [-0.4, -0.2) is 48.9 Å². The van der Waals surface area contributed by atoms with Gasteiger partial charge in [0.25, 0.3) is 0 Å². The van der Waals surface area contributed by atoms with Gasteiger partial charge in [-0.2, -0.15) is 0 Å². The number of ether oxygens (including phenoxy) is 2. The van der Waals surface area contributed by atoms with Crippen molar-refractivity contribution < 1.29 is 23.9 Å². The fraction of sp³-hybridized carbons (Fsp3) is 0.237. The Bertz CT molecular complexity index is 1610. The summed E-state index contributed by atoms with van der Waals surface area (Å²) in [5.74, 6) is 0.0567. The summed E-state index contributed by atoms with van der Waals surface area (Å²) >= 11 is 0. The van der Waals surface area contributed by atoms with Crippen molar-refractivity contribution in [2.24, 2.45) is 0 Å². The summed E-state index contributed by atoms with van der Waals surface area (Å²) in [7, 11) is 1.35. The summed E-state index contributed by atoms with van der Waals surface area (Å²) in [5.41, 5.74) is 5.23. The Morgan fingerprint density at radius 1 is 0.867 bits per heavy atom. The molecule has 1 atom stereocenters. The highest BCUT2D eigenvalue weighted by Gasteiger charge is 2.23. The molecule has 0 aromatic heterocycles. The van der Waals surface area contributed by atoms with Crippen LogP contribution in [0.2, 0.25) is 0 Å². The molecule has 0 aliphatic heterocycles. The number of aryl methyl sites for hydroxylation is 1. The zero-order valence-corrected chi connectivity index (χ0v) is 26.1. The molecule has 1 unspecified atom stereocenters. The lowest BCUT2D eigenvalue weighted by molar-refractivity contribution is -0.141. The van der Waals surface area contributed by atoms with E-state index >= 15 is 0 Å². The Morgan fingerprint density at radius 2 is 1.58 bits per heavy atom. The number of nitrogens with zero attached hydrogens (tertiary/aromatic N) is 1. The second-order valence-corrected chi connectivity index (χ2v) is 11.0. The first-order valence-electron chi connectivity index (χ1n) is 15.0. The zero-order chi connectivity index (χ0) is 32.2. The average molecular weight is 605 g/mol. The molecule has 0 aliphatic carbocycles. The zero-order valence-electron chi connectivity index (χ0n) is 26.1. The third-order valence-electron chi connectivity index (χ3n) is 7.34. The van der Waals surface area contributed by atoms with Gasteiger partial charge in [-0.1, -0.05) is 91.0 Å². The van der Waals surface area contributed by atoms with Crippen molar-refractivity contribution in [3.8, 4) is 5.75 Å². The minimum Gasteiger partial charge on any atom is -0.494 e. The van der Waals surface area contributed by atoms with Crippen LogP contribution in [0.4, 0.5) is 5.69 Å². The van der Waals surface area contributed by atoms with Crippen LogP contribution in [0.3, 0.4) is 0 Å². The number of methoxy groups -OCH3 is 1. The van der Waals surface area contributed by atoms with Crippen molar-refractivity contribution in [2.75, 3.05) is 25.6 Å². The number of hydrogen-bond donors (Lipinski definition) is 1. The van der Waals surface area contributed by atoms with Gasteiger partial charge in [0.05, 0.1) is 13.7 Å². The summed E-state index contributed by atoms with van der Waals surface area (Å²) in [5, 5.41) is 3.24. The molecule has 1 amide bonds. The first-order valence-corrected chi connectivity index (χ1v) is 15.0. The van der Waals surface area contributed by atoms with Crippen LogP contribution in [-0.2, 0) is 27.3 Å². The van der Waals surface area contributed by atoms with Crippen molar-refractivity contribution >= 4 is 23.3 Å². The summed E-state index contributed by atoms with van der Waals surface area (Å²) < 4.78 is 11.0. The van der Waals surface area contributed by atoms with E-state index < -0.39 is 12.0 Å². The van der Waals surface area contributed by atoms with Crippen molar-refractivity contribution in [2.45, 2.75) is 39.3 Å². The van der Waals surface area contributed by atoms with Gasteiger partial charge in [-0.25, -0.2) is 4.79 Å². The third-order valence-corrected chi connectivity index (χ3v) is 7.34. The van der Waals surface area contributed by atoms with E-state index in [1.165, 1.54) is 7.11 Å². The van der Waals surface area contributed by atoms with Gasteiger partial charge in [-0.3, -0.25) is 9.59 Å². The van der Waals surface area contributed by atoms with E-state index in [2.05, 4.69) is 18.0 Å². The summed E-state index contributed by atoms with van der Waals surface area (Å²) in [6.45, 7) is 9.09. The van der Waals surface area contributed by atoms with E-state index in [1.54, 1.807) is 42.2 Å². The number of anilines is 1. The minimum atomic E-state index is -0.711. The molecule has 0 saturated carbocycles. The van der Waals surface area contributed by atoms with Gasteiger partial charge in [-0.15, -0.1) is 0 Å². The van der Waals surface area contributed by atoms with Gasteiger partial charge >= 0.3 is 5.97 Å². The molecule has 0 heterocycles. The number of amides is 1. The number of hydrogen-bond acceptors (Lipinski definition) is 6. The fourth-order valence-electron chi connectivity index (χ4n) is 5.03. The number of nitrogens with one attached hydrogen (secondary N) is 1. The summed E-state index contributed by atoms with van der Waals surface area (Å²) in [6.07, 6.45) is 1.000. The Labute approximate surface area is 265 Å². The molecule has 0 bridgehead atoms. The maximum absolute atomic E-state index is 13.2. The number of ketones is 1. The number of esters is 1. The first-order chi connectivity index (χ1) is 21.7. The maximum Gasteiger partial charge on any atom is 0.328 e. The largest absolute Gasteiger partial charge is 0.494 e. The van der Waals surface area contributed by atoms with Crippen molar-refractivity contribution in [1.29, 1.82) is 0 Å². The highest BCUT2D eigenvalue weighted by Crippen LogP contribution is 2.22. The van der Waals surface area contributed by atoms with E-state index in [4.69, 9.17) is 9.47 Å². The van der Waals surface area contributed by atoms with Crippen molar-refractivity contribution in [3.63, 3.8) is 0 Å². The van der Waals surface area contributed by atoms with Crippen LogP contribution in [0.5, 0.6) is 5.75 Å². The molecule has 0 saturated heterocycles. The molecule has 7 heteroatoms. The van der Waals surface area contributed by atoms with Gasteiger partial charge in [0.1, 0.15) is 11.8 Å². The lowest BCUT2D eigenvalue weighted by Crippen LogP contribution is -2.33. The third kappa shape index (κ3) is 9.41. The minimum absolute atomic E-state index is 0.0679. The predicted octanol–water partition coefficient (Wildman–Crippen LogP) is 6.80. The van der Waals surface area contributed by atoms with E-state index in [0.29, 0.717) is 60.7 Å². The van der Waals surface area contributed by atoms with Crippen molar-refractivity contribution in [3.05, 3.63) is 143 Å². The number of rotatable bonds is 15. The predicted molar refractivity (Wildman–Crippen MR) is 177 cm³/mol. The number of carbonyl (C=O) groups excluding carboxylic acids is 3. The number of benzene rings is 4. The Hall–Kier alpha value is -5.17. The molecule has 45 heavy (non-hydrogen) atoms. The molecule has 4 aromatic rings. The molecule has 0 fully saturated rings. The van der Waals surface area contributed by atoms with Crippen LogP contribution < -0.4 is 10.1 Å². The lowest BCUT2D eigenvalue weighted by Gasteiger charge is -2.23. The van der Waals surface area contributed by atoms with Gasteiger partial charge in [0.15, 0.2) is 5.78 Å². The second kappa shape index (κ2) is 16.1. The molecular formula is C38H40N2O5. The molecular weight excluding hydrogens is 564 g/mol. The van der Waals surface area contributed by atoms with Gasteiger partial charge in [0.2, 0.25) is 5.91 Å². The Balaban J connectivity index is 1.35. The topological polar surface area (TPSA) is 84.9 Å². The monoisotopic (exact) mass is 604 g/mol. The maximum atomic E-state index is 13.2. The molecule has 1 N–H and O–H groups in total. The SMILES string of the molecule is C=C(C)C(=O)N(CCCOc1ccc(CC(Nc2ccccc2C(=O)c2ccccc2)C(=O)OC)cc1)Cc1cccc(C)c1. The molecule has 0 spiro atoms. The van der Waals surface area contributed by atoms with Crippen LogP contribution in [0, 0.1) is 6.92 Å². The van der Waals surface area contributed by atoms with E-state index in [1.807, 2.05) is 73.7 Å². The second-order valence-electron chi connectivity index (χ2n) is 11.0. The smallest absolute Gasteiger partial charge is 0.328 e. The van der Waals surface area contributed by atoms with E-state index in [9.17, 15) is 14.4 Å². The number of para-hydroxylation sites is 1. The molecule has 4 aromatic carbocycles. The molecule has 4 rings (SSSR count). The molecule has 0 radical (unpaired) electrons. The normalized spacial score (nSPS) is 11.3. The standard InChI is InChI=1S/C38H40N2O5/c1-27(2)37(42)40(26-30-13-10-12-28(3)24-30)22-11-23-45-32-20-18-29(19-21-32)25-35(38(43)44-4)39-34-17-9-8-16-33(34)36(41)31-14-6-5-7-15-31/h5-10,12-21,24,35,39H,1,11,22-23,25-26H2,2-4H3. The van der Waals surface area contributed by atoms with Crippen molar-refractivity contribution in [1.82, 2.24) is 4.90 Å². The number of carbonyl (C=O) groups is 3. The highest BCUT2D eigenvalue weighted by atomic mass is 16.5. The van der Waals surface area contributed by atoms with Gasteiger partial charge < -0.3 is 19.7 Å². The van der Waals surface area contributed by atoms with Gasteiger partial charge in [-0.05, 0) is 55.7 Å². The lowest BCUT2D eigenvalue weighted by atomic mass is 10.00. The molecule has 232 valence electrons. The van der Waals surface area contributed by atoms with Crippen LogP contribution in [0.1, 0.15) is 46.0 Å². The Morgan fingerprint density at radius 3 is 2.27 bits per heavy atom. The van der Waals surface area contributed by atoms with E-state index in [-0.39, 0.29) is 11.7 Å². The Kier molecular flexibility index (Phi) is 11.7. The highest BCUT2D eigenvalue weighted by molar-refractivity contribution is 6.12. The molecule has 7 nitrogen and oxygen atoms in total. The quantitative estimate of drug-likeness (QED) is 0.0696. The summed E-state index contributed by atoms with van der Waals surface area (Å²) in [4.78, 5) is 40.5. The first kappa shape index (κ1) is 32.7. The van der Waals surface area contributed by atoms with Crippen LogP contribution in [0.15, 0.2) is 115 Å². The summed E-state index contributed by atoms with van der Waals surface area (Å²) in [6, 6.07) is 31.1. The van der Waals surface area contributed by atoms with E-state index in [0.717, 1.165) is 16.7 Å². The fourth-order valence-corrected chi connectivity index (χ4v) is 5.03.